The van der Waals surface area contributed by atoms with Gasteiger partial charge in [-0.2, -0.15) is 0 Å². The maximum absolute atomic E-state index is 13.4. The van der Waals surface area contributed by atoms with Crippen molar-refractivity contribution in [3.05, 3.63) is 94.5 Å². The molecule has 0 saturated heterocycles. The van der Waals surface area contributed by atoms with Gasteiger partial charge in [0.05, 0.1) is 22.3 Å². The Morgan fingerprint density at radius 2 is 1.93 bits per heavy atom. The second-order valence-corrected chi connectivity index (χ2v) is 12.8. The molecule has 0 saturated carbocycles. The number of nitrogens with one attached hydrogen (secondary N) is 2. The van der Waals surface area contributed by atoms with Gasteiger partial charge in [0, 0.05) is 34.0 Å². The van der Waals surface area contributed by atoms with E-state index in [4.69, 9.17) is 16.3 Å². The lowest BCUT2D eigenvalue weighted by Gasteiger charge is -2.12. The Labute approximate surface area is 240 Å². The van der Waals surface area contributed by atoms with Gasteiger partial charge in [0.1, 0.15) is 45.2 Å². The van der Waals surface area contributed by atoms with Gasteiger partial charge in [-0.1, -0.05) is 23.7 Å². The van der Waals surface area contributed by atoms with E-state index in [-0.39, 0.29) is 24.2 Å². The number of fused-ring (bicyclic) bond motifs is 1. The molecule has 1 atom stereocenters. The van der Waals surface area contributed by atoms with Gasteiger partial charge in [-0.3, -0.25) is 0 Å². The van der Waals surface area contributed by atoms with E-state index in [1.54, 1.807) is 37.5 Å². The van der Waals surface area contributed by atoms with E-state index in [2.05, 4.69) is 25.6 Å². The van der Waals surface area contributed by atoms with Crippen LogP contribution in [0.15, 0.2) is 73.2 Å². The minimum atomic E-state index is -3.17. The topological polar surface area (TPSA) is 106 Å². The van der Waals surface area contributed by atoms with Crippen molar-refractivity contribution >= 4 is 55.2 Å². The van der Waals surface area contributed by atoms with E-state index in [1.165, 1.54) is 36.1 Å². The molecule has 40 heavy (non-hydrogen) atoms. The molecule has 12 heteroatoms. The molecule has 5 rings (SSSR count). The molecule has 0 amide bonds. The number of rotatable bonds is 10. The van der Waals surface area contributed by atoms with Gasteiger partial charge in [0.15, 0.2) is 0 Å². The van der Waals surface area contributed by atoms with Gasteiger partial charge in [-0.15, -0.1) is 11.3 Å². The fourth-order valence-electron chi connectivity index (χ4n) is 4.10. The van der Waals surface area contributed by atoms with Crippen LogP contribution in [0.1, 0.15) is 16.5 Å². The number of halogens is 2. The van der Waals surface area contributed by atoms with Gasteiger partial charge in [-0.05, 0) is 61.1 Å². The highest BCUT2D eigenvalue weighted by atomic mass is 35.5. The molecule has 0 spiro atoms. The Kier molecular flexibility index (Phi) is 8.27. The summed E-state index contributed by atoms with van der Waals surface area (Å²) in [7, 11) is -1.43. The fourth-order valence-corrected chi connectivity index (χ4v) is 6.42. The van der Waals surface area contributed by atoms with Crippen molar-refractivity contribution in [2.75, 3.05) is 24.4 Å². The molecule has 0 aliphatic rings. The Balaban J connectivity index is 1.36. The highest BCUT2D eigenvalue weighted by molar-refractivity contribution is 7.90. The molecule has 2 N–H and O–H groups in total. The molecule has 5 aromatic rings. The minimum absolute atomic E-state index is 0.0119. The van der Waals surface area contributed by atoms with Crippen LogP contribution in [0.25, 0.3) is 21.5 Å². The fraction of sp³-hybridized carbons (Fsp3) is 0.179. The molecule has 0 radical (unpaired) electrons. The molecule has 2 heterocycles. The Hall–Kier alpha value is -3.64. The molecule has 0 unspecified atom stereocenters. The lowest BCUT2D eigenvalue weighted by molar-refractivity contribution is 0.306. The van der Waals surface area contributed by atoms with Crippen molar-refractivity contribution in [1.29, 1.82) is 0 Å². The average molecular weight is 598 g/mol. The summed E-state index contributed by atoms with van der Waals surface area (Å²) in [4.78, 5) is 14.2. The van der Waals surface area contributed by atoms with Crippen LogP contribution in [0.3, 0.4) is 0 Å². The van der Waals surface area contributed by atoms with Crippen molar-refractivity contribution in [3.63, 3.8) is 0 Å². The predicted molar refractivity (Wildman–Crippen MR) is 158 cm³/mol. The van der Waals surface area contributed by atoms with Crippen molar-refractivity contribution in [3.8, 4) is 16.3 Å². The second-order valence-electron chi connectivity index (χ2n) is 9.14. The Bertz CT molecular complexity index is 1780. The highest BCUT2D eigenvalue weighted by Gasteiger charge is 2.19. The first-order chi connectivity index (χ1) is 19.2. The van der Waals surface area contributed by atoms with Crippen LogP contribution < -0.4 is 15.4 Å². The molecule has 0 bridgehead atoms. The molecule has 2 aromatic heterocycles. The lowest BCUT2D eigenvalue weighted by Crippen LogP contribution is -2.23. The van der Waals surface area contributed by atoms with Gasteiger partial charge in [0.25, 0.3) is 0 Å². The predicted octanol–water partition coefficient (Wildman–Crippen LogP) is 6.17. The molecule has 206 valence electrons. The van der Waals surface area contributed by atoms with Crippen LogP contribution in [0.2, 0.25) is 5.02 Å². The van der Waals surface area contributed by atoms with E-state index < -0.39 is 9.84 Å². The zero-order valence-electron chi connectivity index (χ0n) is 21.6. The van der Waals surface area contributed by atoms with Gasteiger partial charge >= 0.3 is 0 Å². The second kappa shape index (κ2) is 11.8. The van der Waals surface area contributed by atoms with Crippen LogP contribution >= 0.6 is 22.9 Å². The van der Waals surface area contributed by atoms with E-state index in [9.17, 15) is 12.8 Å². The molecule has 0 fully saturated rings. The molecular weight excluding hydrogens is 573 g/mol. The number of ether oxygens (including phenoxy) is 1. The van der Waals surface area contributed by atoms with Gasteiger partial charge in [0.2, 0.25) is 0 Å². The Morgan fingerprint density at radius 1 is 1.07 bits per heavy atom. The highest BCUT2D eigenvalue weighted by Crippen LogP contribution is 2.34. The summed E-state index contributed by atoms with van der Waals surface area (Å²) < 4.78 is 42.9. The van der Waals surface area contributed by atoms with Crippen LogP contribution in [-0.4, -0.2) is 42.4 Å². The maximum Gasteiger partial charge on any atom is 0.149 e. The summed E-state index contributed by atoms with van der Waals surface area (Å²) in [5.74, 6) is 0.721. The SMILES string of the molecule is CN[C@@H](CS(C)(=O)=O)c1cnc(-c2ccc3ncnc(Nc4ccc(OCc5cccc(F)c5)c(Cl)c4)c3c2)s1. The van der Waals surface area contributed by atoms with Crippen molar-refractivity contribution in [2.45, 2.75) is 12.6 Å². The lowest BCUT2D eigenvalue weighted by atomic mass is 10.1. The van der Waals surface area contributed by atoms with Crippen LogP contribution in [-0.2, 0) is 16.4 Å². The van der Waals surface area contributed by atoms with Crippen molar-refractivity contribution in [1.82, 2.24) is 20.3 Å². The summed E-state index contributed by atoms with van der Waals surface area (Å²) in [5, 5.41) is 8.28. The third kappa shape index (κ3) is 6.73. The number of sulfone groups is 1. The standard InChI is InChI=1S/C28H25ClFN5O3S2/c1-31-24(15-40(2,36)37)26-13-32-28(39-26)18-6-8-23-21(11-18)27(34-16-33-23)35-20-7-9-25(22(29)12-20)38-14-17-4-3-5-19(30)10-17/h3-13,16,24,31H,14-15H2,1-2H3,(H,33,34,35)/t24-/m0/s1. The van der Waals surface area contributed by atoms with Crippen LogP contribution in [0, 0.1) is 5.82 Å². The first-order valence-electron chi connectivity index (χ1n) is 12.2. The van der Waals surface area contributed by atoms with Crippen LogP contribution in [0.5, 0.6) is 5.75 Å². The number of hydrogen-bond acceptors (Lipinski definition) is 9. The van der Waals surface area contributed by atoms with Gasteiger partial charge < -0.3 is 15.4 Å². The summed E-state index contributed by atoms with van der Waals surface area (Å²) >= 11 is 7.91. The number of benzene rings is 3. The summed E-state index contributed by atoms with van der Waals surface area (Å²) in [6.45, 7) is 0.186. The molecular formula is C28H25ClFN5O3S2. The van der Waals surface area contributed by atoms with Crippen molar-refractivity contribution in [2.24, 2.45) is 0 Å². The molecule has 8 nitrogen and oxygen atoms in total. The van der Waals surface area contributed by atoms with E-state index in [1.807, 2.05) is 24.3 Å². The van der Waals surface area contributed by atoms with Crippen LogP contribution in [0.4, 0.5) is 15.9 Å². The number of aromatic nitrogens is 3. The number of thiazole rings is 1. The Morgan fingerprint density at radius 3 is 2.67 bits per heavy atom. The normalized spacial score (nSPS) is 12.4. The smallest absolute Gasteiger partial charge is 0.149 e. The quantitative estimate of drug-likeness (QED) is 0.197. The minimum Gasteiger partial charge on any atom is -0.487 e. The number of anilines is 2. The zero-order valence-corrected chi connectivity index (χ0v) is 23.9. The summed E-state index contributed by atoms with van der Waals surface area (Å²) in [6, 6.07) is 16.9. The van der Waals surface area contributed by atoms with E-state index in [0.717, 1.165) is 26.4 Å². The summed E-state index contributed by atoms with van der Waals surface area (Å²) in [5.41, 5.74) is 2.99. The third-order valence-corrected chi connectivity index (χ3v) is 8.44. The first-order valence-corrected chi connectivity index (χ1v) is 15.4. The first kappa shape index (κ1) is 27.9. The van der Waals surface area contributed by atoms with E-state index >= 15 is 0 Å². The molecule has 3 aromatic carbocycles. The average Bonchev–Trinajstić information content (AvgIpc) is 3.41. The maximum atomic E-state index is 13.4. The van der Waals surface area contributed by atoms with Crippen molar-refractivity contribution < 1.29 is 17.5 Å². The number of nitrogens with zero attached hydrogens (tertiary/aromatic N) is 3. The van der Waals surface area contributed by atoms with Gasteiger partial charge in [-0.25, -0.2) is 27.8 Å². The summed E-state index contributed by atoms with van der Waals surface area (Å²) in [6.07, 6.45) is 4.40. The van der Waals surface area contributed by atoms with E-state index in [0.29, 0.717) is 27.8 Å². The molecule has 0 aliphatic heterocycles. The molecule has 0 aliphatic carbocycles. The zero-order chi connectivity index (χ0) is 28.3. The largest absolute Gasteiger partial charge is 0.487 e. The monoisotopic (exact) mass is 597 g/mol. The third-order valence-electron chi connectivity index (χ3n) is 6.05. The number of hydrogen-bond donors (Lipinski definition) is 2.